The SMILES string of the molecule is CN(Cc1ccccc1)C1=CCCCC1. The first-order chi connectivity index (χ1) is 7.36. The van der Waals surface area contributed by atoms with Crippen LogP contribution in [0.4, 0.5) is 0 Å². The van der Waals surface area contributed by atoms with Crippen molar-refractivity contribution in [2.75, 3.05) is 7.05 Å². The summed E-state index contributed by atoms with van der Waals surface area (Å²) in [7, 11) is 2.20. The molecule has 0 atom stereocenters. The molecule has 2 rings (SSSR count). The van der Waals surface area contributed by atoms with E-state index in [0.717, 1.165) is 6.54 Å². The third-order valence-corrected chi connectivity index (χ3v) is 3.02. The first kappa shape index (κ1) is 10.3. The molecule has 0 bridgehead atoms. The molecule has 1 nitrogen and oxygen atoms in total. The lowest BCUT2D eigenvalue weighted by molar-refractivity contribution is 0.380. The van der Waals surface area contributed by atoms with Gasteiger partial charge < -0.3 is 4.90 Å². The van der Waals surface area contributed by atoms with Crippen molar-refractivity contribution in [2.45, 2.75) is 32.2 Å². The maximum atomic E-state index is 2.40. The molecule has 80 valence electrons. The van der Waals surface area contributed by atoms with Crippen LogP contribution in [-0.4, -0.2) is 11.9 Å². The van der Waals surface area contributed by atoms with Crippen LogP contribution in [0, 0.1) is 0 Å². The van der Waals surface area contributed by atoms with Gasteiger partial charge in [0.1, 0.15) is 0 Å². The molecule has 15 heavy (non-hydrogen) atoms. The van der Waals surface area contributed by atoms with E-state index < -0.39 is 0 Å². The predicted molar refractivity (Wildman–Crippen MR) is 64.5 cm³/mol. The fraction of sp³-hybridized carbons (Fsp3) is 0.429. The molecule has 1 aliphatic rings. The predicted octanol–water partition coefficient (Wildman–Crippen LogP) is 3.58. The van der Waals surface area contributed by atoms with Crippen LogP contribution in [0.25, 0.3) is 0 Å². The van der Waals surface area contributed by atoms with Gasteiger partial charge in [-0.3, -0.25) is 0 Å². The Morgan fingerprint density at radius 2 is 1.93 bits per heavy atom. The van der Waals surface area contributed by atoms with Crippen molar-refractivity contribution < 1.29 is 0 Å². The lowest BCUT2D eigenvalue weighted by Gasteiger charge is -2.25. The standard InChI is InChI=1S/C14H19N/c1-15(14-10-6-3-7-11-14)12-13-8-4-2-5-9-13/h2,4-5,8-10H,3,6-7,11-12H2,1H3. The number of rotatable bonds is 3. The Hall–Kier alpha value is -1.24. The number of benzene rings is 1. The highest BCUT2D eigenvalue weighted by molar-refractivity contribution is 5.16. The molecule has 0 aliphatic heterocycles. The molecule has 0 fully saturated rings. The normalized spacial score (nSPS) is 15.9. The van der Waals surface area contributed by atoms with Crippen LogP contribution in [0.3, 0.4) is 0 Å². The van der Waals surface area contributed by atoms with Gasteiger partial charge in [0.05, 0.1) is 0 Å². The van der Waals surface area contributed by atoms with E-state index in [1.807, 2.05) is 0 Å². The van der Waals surface area contributed by atoms with Crippen LogP contribution in [0.15, 0.2) is 42.1 Å². The molecule has 0 N–H and O–H groups in total. The van der Waals surface area contributed by atoms with Crippen molar-refractivity contribution in [3.63, 3.8) is 0 Å². The van der Waals surface area contributed by atoms with E-state index in [0.29, 0.717) is 0 Å². The number of hydrogen-bond acceptors (Lipinski definition) is 1. The molecule has 1 aliphatic carbocycles. The Morgan fingerprint density at radius 1 is 1.13 bits per heavy atom. The number of nitrogens with zero attached hydrogens (tertiary/aromatic N) is 1. The zero-order chi connectivity index (χ0) is 10.5. The molecule has 1 heteroatoms. The maximum Gasteiger partial charge on any atom is 0.0423 e. The minimum atomic E-state index is 1.03. The summed E-state index contributed by atoms with van der Waals surface area (Å²) in [6.45, 7) is 1.03. The van der Waals surface area contributed by atoms with Crippen LogP contribution >= 0.6 is 0 Å². The Morgan fingerprint density at radius 3 is 2.60 bits per heavy atom. The van der Waals surface area contributed by atoms with Crippen LogP contribution in [-0.2, 0) is 6.54 Å². The van der Waals surface area contributed by atoms with Gasteiger partial charge in [0, 0.05) is 19.3 Å². The summed E-state index contributed by atoms with van der Waals surface area (Å²) in [6.07, 6.45) is 7.62. The zero-order valence-electron chi connectivity index (χ0n) is 9.45. The monoisotopic (exact) mass is 201 g/mol. The molecule has 0 unspecified atom stereocenters. The quantitative estimate of drug-likeness (QED) is 0.722. The van der Waals surface area contributed by atoms with E-state index in [4.69, 9.17) is 0 Å². The van der Waals surface area contributed by atoms with Crippen molar-refractivity contribution in [1.29, 1.82) is 0 Å². The van der Waals surface area contributed by atoms with E-state index >= 15 is 0 Å². The lowest BCUT2D eigenvalue weighted by Crippen LogP contribution is -2.18. The van der Waals surface area contributed by atoms with Gasteiger partial charge in [0.15, 0.2) is 0 Å². The van der Waals surface area contributed by atoms with E-state index in [1.165, 1.54) is 36.9 Å². The lowest BCUT2D eigenvalue weighted by atomic mass is 10.0. The van der Waals surface area contributed by atoms with E-state index in [-0.39, 0.29) is 0 Å². The molecular formula is C14H19N. The number of hydrogen-bond donors (Lipinski definition) is 0. The van der Waals surface area contributed by atoms with E-state index in [1.54, 1.807) is 0 Å². The van der Waals surface area contributed by atoms with Gasteiger partial charge in [0.25, 0.3) is 0 Å². The molecule has 1 aromatic carbocycles. The minimum absolute atomic E-state index is 1.03. The summed E-state index contributed by atoms with van der Waals surface area (Å²) in [5.41, 5.74) is 2.91. The zero-order valence-corrected chi connectivity index (χ0v) is 9.45. The molecule has 0 heterocycles. The molecule has 0 amide bonds. The van der Waals surface area contributed by atoms with Crippen molar-refractivity contribution in [3.05, 3.63) is 47.7 Å². The molecule has 0 spiro atoms. The average Bonchev–Trinajstić information content (AvgIpc) is 2.31. The summed E-state index contributed by atoms with van der Waals surface area (Å²) in [5.74, 6) is 0. The fourth-order valence-electron chi connectivity index (χ4n) is 2.13. The second-order valence-electron chi connectivity index (χ2n) is 4.28. The van der Waals surface area contributed by atoms with Gasteiger partial charge in [-0.1, -0.05) is 36.4 Å². The largest absolute Gasteiger partial charge is 0.374 e. The van der Waals surface area contributed by atoms with Crippen LogP contribution in [0.1, 0.15) is 31.2 Å². The highest BCUT2D eigenvalue weighted by Crippen LogP contribution is 2.21. The van der Waals surface area contributed by atoms with Gasteiger partial charge in [-0.05, 0) is 31.2 Å². The van der Waals surface area contributed by atoms with Crippen LogP contribution in [0.5, 0.6) is 0 Å². The van der Waals surface area contributed by atoms with Gasteiger partial charge >= 0.3 is 0 Å². The third kappa shape index (κ3) is 2.85. The van der Waals surface area contributed by atoms with Crippen molar-refractivity contribution in [3.8, 4) is 0 Å². The Labute approximate surface area is 92.4 Å². The fourth-order valence-corrected chi connectivity index (χ4v) is 2.13. The van der Waals surface area contributed by atoms with Crippen molar-refractivity contribution >= 4 is 0 Å². The molecule has 0 aromatic heterocycles. The van der Waals surface area contributed by atoms with Crippen LogP contribution < -0.4 is 0 Å². The number of allylic oxidation sites excluding steroid dienone is 2. The topological polar surface area (TPSA) is 3.24 Å². The molecule has 1 aromatic rings. The second kappa shape index (κ2) is 5.01. The first-order valence-corrected chi connectivity index (χ1v) is 5.80. The van der Waals surface area contributed by atoms with Crippen LogP contribution in [0.2, 0.25) is 0 Å². The summed E-state index contributed by atoms with van der Waals surface area (Å²) in [6, 6.07) is 10.7. The van der Waals surface area contributed by atoms with Gasteiger partial charge in [0.2, 0.25) is 0 Å². The summed E-state index contributed by atoms with van der Waals surface area (Å²) in [5, 5.41) is 0. The maximum absolute atomic E-state index is 2.40. The average molecular weight is 201 g/mol. The molecule has 0 radical (unpaired) electrons. The Balaban J connectivity index is 1.97. The smallest absolute Gasteiger partial charge is 0.0423 e. The highest BCUT2D eigenvalue weighted by Gasteiger charge is 2.08. The second-order valence-corrected chi connectivity index (χ2v) is 4.28. The third-order valence-electron chi connectivity index (χ3n) is 3.02. The van der Waals surface area contributed by atoms with Gasteiger partial charge in [-0.2, -0.15) is 0 Å². The van der Waals surface area contributed by atoms with Crippen molar-refractivity contribution in [1.82, 2.24) is 4.90 Å². The Bertz CT molecular complexity index is 326. The van der Waals surface area contributed by atoms with Gasteiger partial charge in [-0.25, -0.2) is 0 Å². The Kier molecular flexibility index (Phi) is 3.44. The van der Waals surface area contributed by atoms with Crippen molar-refractivity contribution in [2.24, 2.45) is 0 Å². The first-order valence-electron chi connectivity index (χ1n) is 5.80. The van der Waals surface area contributed by atoms with E-state index in [9.17, 15) is 0 Å². The highest BCUT2D eigenvalue weighted by atomic mass is 15.1. The summed E-state index contributed by atoms with van der Waals surface area (Å²) < 4.78 is 0. The minimum Gasteiger partial charge on any atom is -0.374 e. The summed E-state index contributed by atoms with van der Waals surface area (Å²) >= 11 is 0. The molecular weight excluding hydrogens is 182 g/mol. The summed E-state index contributed by atoms with van der Waals surface area (Å²) in [4.78, 5) is 2.38. The van der Waals surface area contributed by atoms with Gasteiger partial charge in [-0.15, -0.1) is 0 Å². The molecule has 0 saturated carbocycles. The molecule has 0 saturated heterocycles. The van der Waals surface area contributed by atoms with E-state index in [2.05, 4.69) is 48.4 Å².